The highest BCUT2D eigenvalue weighted by Crippen LogP contribution is 2.28. The molecule has 0 spiro atoms. The fourth-order valence-electron chi connectivity index (χ4n) is 1.75. The summed E-state index contributed by atoms with van der Waals surface area (Å²) in [5.74, 6) is -0.0707. The number of hydrogen-bond donors (Lipinski definition) is 2. The maximum Gasteiger partial charge on any atom is 0.341 e. The van der Waals surface area contributed by atoms with Crippen LogP contribution in [0.15, 0.2) is 18.2 Å². The van der Waals surface area contributed by atoms with E-state index in [0.717, 1.165) is 6.42 Å². The second-order valence-electron chi connectivity index (χ2n) is 5.22. The number of aliphatic carboxylic acids is 1. The first kappa shape index (κ1) is 17.8. The third kappa shape index (κ3) is 6.03. The third-order valence-corrected chi connectivity index (χ3v) is 2.86. The van der Waals surface area contributed by atoms with Gasteiger partial charge in [0.05, 0.1) is 6.61 Å². The Balaban J connectivity index is 2.77. The van der Waals surface area contributed by atoms with Gasteiger partial charge in [-0.1, -0.05) is 13.8 Å². The van der Waals surface area contributed by atoms with Crippen molar-refractivity contribution >= 4 is 11.9 Å². The Hall–Kier alpha value is -2.24. The van der Waals surface area contributed by atoms with Crippen molar-refractivity contribution in [2.24, 2.45) is 5.92 Å². The predicted molar refractivity (Wildman–Crippen MR) is 82.5 cm³/mol. The first-order valence-corrected chi connectivity index (χ1v) is 7.33. The lowest BCUT2D eigenvalue weighted by Gasteiger charge is -2.13. The molecule has 6 nitrogen and oxygen atoms in total. The van der Waals surface area contributed by atoms with Gasteiger partial charge in [0.25, 0.3) is 5.91 Å². The van der Waals surface area contributed by atoms with Crippen molar-refractivity contribution in [3.05, 3.63) is 23.8 Å². The van der Waals surface area contributed by atoms with Gasteiger partial charge in [0.2, 0.25) is 0 Å². The molecule has 1 amide bonds. The number of ether oxygens (including phenoxy) is 2. The summed E-state index contributed by atoms with van der Waals surface area (Å²) in [5, 5.41) is 11.5. The third-order valence-electron chi connectivity index (χ3n) is 2.86. The minimum absolute atomic E-state index is 0.189. The first-order valence-electron chi connectivity index (χ1n) is 7.33. The van der Waals surface area contributed by atoms with E-state index in [9.17, 15) is 9.59 Å². The molecule has 22 heavy (non-hydrogen) atoms. The van der Waals surface area contributed by atoms with Crippen LogP contribution in [0.3, 0.4) is 0 Å². The highest BCUT2D eigenvalue weighted by Gasteiger charge is 2.12. The number of carboxylic acids is 1. The van der Waals surface area contributed by atoms with Gasteiger partial charge in [-0.2, -0.15) is 0 Å². The molecule has 1 aromatic rings. The van der Waals surface area contributed by atoms with Gasteiger partial charge in [0, 0.05) is 12.1 Å². The van der Waals surface area contributed by atoms with Gasteiger partial charge in [-0.3, -0.25) is 4.79 Å². The van der Waals surface area contributed by atoms with Gasteiger partial charge in [-0.15, -0.1) is 0 Å². The molecule has 0 fully saturated rings. The van der Waals surface area contributed by atoms with Gasteiger partial charge in [-0.25, -0.2) is 4.79 Å². The van der Waals surface area contributed by atoms with Gasteiger partial charge >= 0.3 is 5.97 Å². The van der Waals surface area contributed by atoms with Crippen LogP contribution in [-0.2, 0) is 4.79 Å². The Morgan fingerprint density at radius 2 is 1.95 bits per heavy atom. The summed E-state index contributed by atoms with van der Waals surface area (Å²) < 4.78 is 10.5. The van der Waals surface area contributed by atoms with Crippen molar-refractivity contribution in [2.75, 3.05) is 19.8 Å². The molecule has 0 aromatic heterocycles. The zero-order valence-electron chi connectivity index (χ0n) is 13.2. The highest BCUT2D eigenvalue weighted by molar-refractivity contribution is 5.94. The largest absolute Gasteiger partial charge is 0.490 e. The summed E-state index contributed by atoms with van der Waals surface area (Å²) in [5.41, 5.74) is 0.454. The maximum absolute atomic E-state index is 12.1. The van der Waals surface area contributed by atoms with E-state index < -0.39 is 12.6 Å². The SMILES string of the molecule is CCOc1cc(C(=O)NCCC(C)C)ccc1OCC(=O)O. The fraction of sp³-hybridized carbons (Fsp3) is 0.500. The van der Waals surface area contributed by atoms with Gasteiger partial charge in [0.1, 0.15) is 0 Å². The Bertz CT molecular complexity index is 513. The van der Waals surface area contributed by atoms with Crippen LogP contribution in [0.2, 0.25) is 0 Å². The molecule has 1 aromatic carbocycles. The molecular formula is C16H23NO5. The maximum atomic E-state index is 12.1. The predicted octanol–water partition coefficient (Wildman–Crippen LogP) is 2.32. The number of carbonyl (C=O) groups is 2. The van der Waals surface area contributed by atoms with Crippen LogP contribution in [-0.4, -0.2) is 36.7 Å². The number of amides is 1. The quantitative estimate of drug-likeness (QED) is 0.731. The minimum atomic E-state index is -1.07. The van der Waals surface area contributed by atoms with E-state index >= 15 is 0 Å². The number of nitrogens with one attached hydrogen (secondary N) is 1. The molecule has 1 rings (SSSR count). The number of benzene rings is 1. The summed E-state index contributed by atoms with van der Waals surface area (Å²) in [7, 11) is 0. The van der Waals surface area contributed by atoms with Crippen molar-refractivity contribution in [2.45, 2.75) is 27.2 Å². The van der Waals surface area contributed by atoms with Crippen molar-refractivity contribution in [3.63, 3.8) is 0 Å². The van der Waals surface area contributed by atoms with Crippen LogP contribution in [0.4, 0.5) is 0 Å². The fourth-order valence-corrected chi connectivity index (χ4v) is 1.75. The van der Waals surface area contributed by atoms with Crippen LogP contribution in [0, 0.1) is 5.92 Å². The normalized spacial score (nSPS) is 10.4. The lowest BCUT2D eigenvalue weighted by molar-refractivity contribution is -0.139. The zero-order valence-corrected chi connectivity index (χ0v) is 13.2. The van der Waals surface area contributed by atoms with Crippen molar-refractivity contribution in [3.8, 4) is 11.5 Å². The number of hydrogen-bond acceptors (Lipinski definition) is 4. The Labute approximate surface area is 130 Å². The van der Waals surface area contributed by atoms with E-state index in [-0.39, 0.29) is 5.91 Å². The van der Waals surface area contributed by atoms with E-state index in [0.29, 0.717) is 36.1 Å². The van der Waals surface area contributed by atoms with Crippen LogP contribution >= 0.6 is 0 Å². The van der Waals surface area contributed by atoms with Crippen molar-refractivity contribution in [1.29, 1.82) is 0 Å². The van der Waals surface area contributed by atoms with Crippen molar-refractivity contribution in [1.82, 2.24) is 5.32 Å². The monoisotopic (exact) mass is 309 g/mol. The molecule has 0 saturated carbocycles. The van der Waals surface area contributed by atoms with Crippen LogP contribution < -0.4 is 14.8 Å². The lowest BCUT2D eigenvalue weighted by Crippen LogP contribution is -2.25. The highest BCUT2D eigenvalue weighted by atomic mass is 16.5. The minimum Gasteiger partial charge on any atom is -0.490 e. The molecule has 2 N–H and O–H groups in total. The van der Waals surface area contributed by atoms with E-state index in [1.807, 2.05) is 0 Å². The van der Waals surface area contributed by atoms with Gasteiger partial charge in [0.15, 0.2) is 18.1 Å². The van der Waals surface area contributed by atoms with E-state index in [1.165, 1.54) is 0 Å². The molecule has 0 aliphatic carbocycles. The molecular weight excluding hydrogens is 286 g/mol. The topological polar surface area (TPSA) is 84.9 Å². The molecule has 0 radical (unpaired) electrons. The zero-order chi connectivity index (χ0) is 16.5. The summed E-state index contributed by atoms with van der Waals surface area (Å²) in [6.45, 7) is 6.53. The average molecular weight is 309 g/mol. The van der Waals surface area contributed by atoms with Crippen LogP contribution in [0.5, 0.6) is 11.5 Å². The van der Waals surface area contributed by atoms with E-state index in [2.05, 4.69) is 19.2 Å². The first-order chi connectivity index (χ1) is 10.4. The number of carboxylic acid groups (broad SMARTS) is 1. The second kappa shape index (κ2) is 8.92. The molecule has 0 unspecified atom stereocenters. The number of rotatable bonds is 9. The molecule has 0 heterocycles. The van der Waals surface area contributed by atoms with Gasteiger partial charge in [-0.05, 0) is 37.5 Å². The molecule has 122 valence electrons. The molecule has 0 atom stereocenters. The summed E-state index contributed by atoms with van der Waals surface area (Å²) >= 11 is 0. The van der Waals surface area contributed by atoms with Gasteiger partial charge < -0.3 is 19.9 Å². The van der Waals surface area contributed by atoms with E-state index in [1.54, 1.807) is 25.1 Å². The molecule has 0 saturated heterocycles. The lowest BCUT2D eigenvalue weighted by atomic mass is 10.1. The molecule has 6 heteroatoms. The number of carbonyl (C=O) groups excluding carboxylic acids is 1. The van der Waals surface area contributed by atoms with Crippen molar-refractivity contribution < 1.29 is 24.2 Å². The Kier molecular flexibility index (Phi) is 7.22. The molecule has 0 bridgehead atoms. The van der Waals surface area contributed by atoms with Crippen LogP contribution in [0.25, 0.3) is 0 Å². The Morgan fingerprint density at radius 1 is 1.23 bits per heavy atom. The molecule has 0 aliphatic heterocycles. The van der Waals surface area contributed by atoms with Crippen LogP contribution in [0.1, 0.15) is 37.6 Å². The smallest absolute Gasteiger partial charge is 0.341 e. The molecule has 0 aliphatic rings. The summed E-state index contributed by atoms with van der Waals surface area (Å²) in [4.78, 5) is 22.6. The Morgan fingerprint density at radius 3 is 2.55 bits per heavy atom. The standard InChI is InChI=1S/C16H23NO5/c1-4-21-14-9-12(16(20)17-8-7-11(2)3)5-6-13(14)22-10-15(18)19/h5-6,9,11H,4,7-8,10H2,1-3H3,(H,17,20)(H,18,19). The second-order valence-corrected chi connectivity index (χ2v) is 5.22. The summed E-state index contributed by atoms with van der Waals surface area (Å²) in [6.07, 6.45) is 0.907. The average Bonchev–Trinajstić information content (AvgIpc) is 2.45. The summed E-state index contributed by atoms with van der Waals surface area (Å²) in [6, 6.07) is 4.70. The van der Waals surface area contributed by atoms with E-state index in [4.69, 9.17) is 14.6 Å².